The predicted molar refractivity (Wildman–Crippen MR) is 71.2 cm³/mol. The number of amides is 1. The maximum Gasteiger partial charge on any atom is 0.303 e. The lowest BCUT2D eigenvalue weighted by atomic mass is 9.84. The lowest BCUT2D eigenvalue weighted by Gasteiger charge is -2.25. The predicted octanol–water partition coefficient (Wildman–Crippen LogP) is 1.46. The van der Waals surface area contributed by atoms with Crippen molar-refractivity contribution in [3.8, 4) is 0 Å². The molecule has 0 aliphatic carbocycles. The van der Waals surface area contributed by atoms with Crippen LogP contribution in [0, 0.1) is 5.41 Å². The minimum absolute atomic E-state index is 0.0745. The summed E-state index contributed by atoms with van der Waals surface area (Å²) in [6.07, 6.45) is 2.83. The van der Waals surface area contributed by atoms with Gasteiger partial charge in [0.05, 0.1) is 0 Å². The molecule has 0 atom stereocenters. The largest absolute Gasteiger partial charge is 0.481 e. The zero-order valence-corrected chi connectivity index (χ0v) is 11.7. The molecule has 0 spiro atoms. The number of nitrogens with zero attached hydrogens (tertiary/aromatic N) is 1. The highest BCUT2D eigenvalue weighted by molar-refractivity contribution is 5.76. The summed E-state index contributed by atoms with van der Waals surface area (Å²) in [6, 6.07) is 0. The van der Waals surface area contributed by atoms with Crippen molar-refractivity contribution in [1.29, 1.82) is 0 Å². The molecule has 18 heavy (non-hydrogen) atoms. The average molecular weight is 258 g/mol. The fourth-order valence-electron chi connectivity index (χ4n) is 1.74. The summed E-state index contributed by atoms with van der Waals surface area (Å²) in [5.41, 5.74) is 5.61. The van der Waals surface area contributed by atoms with Crippen molar-refractivity contribution in [2.24, 2.45) is 11.1 Å². The Hall–Kier alpha value is -1.10. The lowest BCUT2D eigenvalue weighted by molar-refractivity contribution is -0.138. The Morgan fingerprint density at radius 2 is 1.83 bits per heavy atom. The summed E-state index contributed by atoms with van der Waals surface area (Å²) in [7, 11) is 1.72. The Kier molecular flexibility index (Phi) is 7.59. The van der Waals surface area contributed by atoms with Crippen LogP contribution in [0.15, 0.2) is 0 Å². The molecule has 0 fully saturated rings. The highest BCUT2D eigenvalue weighted by Gasteiger charge is 2.19. The van der Waals surface area contributed by atoms with Crippen molar-refractivity contribution >= 4 is 11.9 Å². The van der Waals surface area contributed by atoms with Gasteiger partial charge in [-0.1, -0.05) is 13.8 Å². The van der Waals surface area contributed by atoms with Crippen LogP contribution in [0.3, 0.4) is 0 Å². The molecule has 0 saturated heterocycles. The third kappa shape index (κ3) is 8.06. The summed E-state index contributed by atoms with van der Waals surface area (Å²) >= 11 is 0. The van der Waals surface area contributed by atoms with Crippen LogP contribution in [0.1, 0.15) is 46.0 Å². The third-order valence-corrected chi connectivity index (χ3v) is 3.15. The molecular weight excluding hydrogens is 232 g/mol. The first kappa shape index (κ1) is 16.9. The van der Waals surface area contributed by atoms with Gasteiger partial charge in [-0.05, 0) is 31.2 Å². The van der Waals surface area contributed by atoms with Gasteiger partial charge in [0.2, 0.25) is 5.91 Å². The van der Waals surface area contributed by atoms with Crippen LogP contribution in [0.5, 0.6) is 0 Å². The molecule has 0 aromatic rings. The molecule has 0 heterocycles. The van der Waals surface area contributed by atoms with Gasteiger partial charge in [-0.2, -0.15) is 0 Å². The number of hydrogen-bond acceptors (Lipinski definition) is 3. The molecule has 0 unspecified atom stereocenters. The van der Waals surface area contributed by atoms with Crippen LogP contribution in [-0.4, -0.2) is 42.0 Å². The van der Waals surface area contributed by atoms with Crippen molar-refractivity contribution in [1.82, 2.24) is 4.90 Å². The van der Waals surface area contributed by atoms with Crippen LogP contribution in [-0.2, 0) is 9.59 Å². The Morgan fingerprint density at radius 3 is 2.33 bits per heavy atom. The third-order valence-electron chi connectivity index (χ3n) is 3.15. The summed E-state index contributed by atoms with van der Waals surface area (Å²) in [4.78, 5) is 23.8. The Labute approximate surface area is 109 Å². The van der Waals surface area contributed by atoms with Gasteiger partial charge in [0.15, 0.2) is 0 Å². The molecule has 0 rings (SSSR count). The molecule has 106 valence electrons. The number of aliphatic carboxylic acids is 1. The van der Waals surface area contributed by atoms with E-state index < -0.39 is 5.97 Å². The highest BCUT2D eigenvalue weighted by atomic mass is 16.4. The summed E-state index contributed by atoms with van der Waals surface area (Å²) < 4.78 is 0. The van der Waals surface area contributed by atoms with E-state index in [0.29, 0.717) is 25.9 Å². The fraction of sp³-hybridized carbons (Fsp3) is 0.846. The normalized spacial score (nSPS) is 11.3. The monoisotopic (exact) mass is 258 g/mol. The first-order valence-corrected chi connectivity index (χ1v) is 6.44. The quantitative estimate of drug-likeness (QED) is 0.656. The van der Waals surface area contributed by atoms with E-state index in [0.717, 1.165) is 12.8 Å². The Morgan fingerprint density at radius 1 is 1.22 bits per heavy atom. The van der Waals surface area contributed by atoms with Crippen LogP contribution in [0.4, 0.5) is 0 Å². The van der Waals surface area contributed by atoms with Gasteiger partial charge >= 0.3 is 5.97 Å². The topological polar surface area (TPSA) is 83.6 Å². The molecule has 0 bridgehead atoms. The van der Waals surface area contributed by atoms with E-state index in [1.807, 2.05) is 0 Å². The van der Waals surface area contributed by atoms with Gasteiger partial charge in [0.25, 0.3) is 0 Å². The van der Waals surface area contributed by atoms with E-state index in [1.165, 1.54) is 0 Å². The van der Waals surface area contributed by atoms with E-state index in [4.69, 9.17) is 10.8 Å². The number of carbonyl (C=O) groups excluding carboxylic acids is 1. The zero-order chi connectivity index (χ0) is 14.2. The van der Waals surface area contributed by atoms with Gasteiger partial charge in [0.1, 0.15) is 0 Å². The molecule has 5 nitrogen and oxygen atoms in total. The minimum Gasteiger partial charge on any atom is -0.481 e. The molecule has 0 saturated carbocycles. The summed E-state index contributed by atoms with van der Waals surface area (Å²) in [6.45, 7) is 5.35. The SMILES string of the molecule is CN(CCCC(=O)O)C(=O)CCC(C)(C)CCN. The number of hydrogen-bond donors (Lipinski definition) is 2. The molecule has 3 N–H and O–H groups in total. The molecule has 1 amide bonds. The van der Waals surface area contributed by atoms with E-state index >= 15 is 0 Å². The van der Waals surface area contributed by atoms with Crippen LogP contribution in [0.25, 0.3) is 0 Å². The van der Waals surface area contributed by atoms with Crippen molar-refractivity contribution in [3.05, 3.63) is 0 Å². The lowest BCUT2D eigenvalue weighted by Crippen LogP contribution is -2.29. The molecule has 0 aromatic heterocycles. The van der Waals surface area contributed by atoms with E-state index in [9.17, 15) is 9.59 Å². The van der Waals surface area contributed by atoms with Crippen molar-refractivity contribution < 1.29 is 14.7 Å². The maximum atomic E-state index is 11.8. The van der Waals surface area contributed by atoms with E-state index in [2.05, 4.69) is 13.8 Å². The standard InChI is InChI=1S/C13H26N2O3/c1-13(2,8-9-14)7-6-11(16)15(3)10-4-5-12(17)18/h4-10,14H2,1-3H3,(H,17,18). The average Bonchev–Trinajstić information content (AvgIpc) is 2.25. The molecule has 5 heteroatoms. The second kappa shape index (κ2) is 8.08. The van der Waals surface area contributed by atoms with E-state index in [-0.39, 0.29) is 17.7 Å². The molecule has 0 aromatic carbocycles. The van der Waals surface area contributed by atoms with Gasteiger partial charge in [-0.25, -0.2) is 0 Å². The van der Waals surface area contributed by atoms with Gasteiger partial charge in [-0.3, -0.25) is 9.59 Å². The fourth-order valence-corrected chi connectivity index (χ4v) is 1.74. The summed E-state index contributed by atoms with van der Waals surface area (Å²) in [5, 5.41) is 8.52. The number of carboxylic acids is 1. The first-order valence-electron chi connectivity index (χ1n) is 6.44. The smallest absolute Gasteiger partial charge is 0.303 e. The zero-order valence-electron chi connectivity index (χ0n) is 11.7. The number of carbonyl (C=O) groups is 2. The Balaban J connectivity index is 3.90. The Bertz CT molecular complexity index is 277. The van der Waals surface area contributed by atoms with Crippen molar-refractivity contribution in [2.75, 3.05) is 20.1 Å². The second-order valence-electron chi connectivity index (χ2n) is 5.52. The number of carboxylic acid groups (broad SMARTS) is 1. The molecule has 0 radical (unpaired) electrons. The molecule has 0 aliphatic heterocycles. The van der Waals surface area contributed by atoms with Gasteiger partial charge in [-0.15, -0.1) is 0 Å². The van der Waals surface area contributed by atoms with Crippen LogP contribution in [0.2, 0.25) is 0 Å². The van der Waals surface area contributed by atoms with Crippen molar-refractivity contribution in [3.63, 3.8) is 0 Å². The van der Waals surface area contributed by atoms with Crippen LogP contribution < -0.4 is 5.73 Å². The minimum atomic E-state index is -0.820. The molecule has 0 aliphatic rings. The number of nitrogens with two attached hydrogens (primary N) is 1. The van der Waals surface area contributed by atoms with E-state index in [1.54, 1.807) is 11.9 Å². The van der Waals surface area contributed by atoms with Gasteiger partial charge in [0, 0.05) is 26.4 Å². The molecular formula is C13H26N2O3. The maximum absolute atomic E-state index is 11.8. The highest BCUT2D eigenvalue weighted by Crippen LogP contribution is 2.26. The first-order chi connectivity index (χ1) is 8.28. The van der Waals surface area contributed by atoms with Crippen molar-refractivity contribution in [2.45, 2.75) is 46.0 Å². The summed E-state index contributed by atoms with van der Waals surface area (Å²) in [5.74, 6) is -0.745. The van der Waals surface area contributed by atoms with Crippen LogP contribution >= 0.6 is 0 Å². The number of rotatable bonds is 9. The second-order valence-corrected chi connectivity index (χ2v) is 5.52. The van der Waals surface area contributed by atoms with Gasteiger partial charge < -0.3 is 15.7 Å².